The van der Waals surface area contributed by atoms with Crippen LogP contribution < -0.4 is 0 Å². The first kappa shape index (κ1) is 20.6. The lowest BCUT2D eigenvalue weighted by Crippen LogP contribution is -2.27. The minimum atomic E-state index is 0.00951. The summed E-state index contributed by atoms with van der Waals surface area (Å²) in [6, 6.07) is 24.9. The van der Waals surface area contributed by atoms with Crippen LogP contribution in [0.25, 0.3) is 0 Å². The van der Waals surface area contributed by atoms with Gasteiger partial charge in [-0.2, -0.15) is 5.26 Å². The summed E-state index contributed by atoms with van der Waals surface area (Å²) in [5.41, 5.74) is 5.15. The predicted octanol–water partition coefficient (Wildman–Crippen LogP) is 4.77. The third-order valence-electron chi connectivity index (χ3n) is 5.29. The number of carbonyl (C=O) groups is 1. The predicted molar refractivity (Wildman–Crippen MR) is 116 cm³/mol. The van der Waals surface area contributed by atoms with E-state index in [4.69, 9.17) is 5.26 Å². The van der Waals surface area contributed by atoms with E-state index in [1.165, 1.54) is 11.1 Å². The molecule has 0 amide bonds. The largest absolute Gasteiger partial charge is 0.337 e. The topological polar surface area (TPSA) is 49.0 Å². The van der Waals surface area contributed by atoms with Crippen LogP contribution in [0, 0.1) is 25.2 Å². The average Bonchev–Trinajstić information content (AvgIpc) is 3.03. The Bertz CT molecular complexity index is 960. The number of aromatic nitrogens is 1. The number of hydrogen-bond donors (Lipinski definition) is 0. The lowest BCUT2D eigenvalue weighted by atomic mass is 9.98. The van der Waals surface area contributed by atoms with Gasteiger partial charge in [0.2, 0.25) is 0 Å². The molecule has 29 heavy (non-hydrogen) atoms. The van der Waals surface area contributed by atoms with Crippen molar-refractivity contribution in [3.8, 4) is 6.07 Å². The van der Waals surface area contributed by atoms with E-state index in [1.54, 1.807) is 0 Å². The van der Waals surface area contributed by atoms with Crippen molar-refractivity contribution in [1.82, 2.24) is 9.47 Å². The smallest absolute Gasteiger partial charge is 0.178 e. The Hall–Kier alpha value is -3.16. The molecule has 2 aromatic carbocycles. The molecule has 0 saturated heterocycles. The number of aryl methyl sites for hydroxylation is 1. The SMILES string of the molecule is Cc1cc(C(=O)CN(C)CCC#N)c(C)n1C(c1ccccc1)c1ccccc1. The lowest BCUT2D eigenvalue weighted by Gasteiger charge is -2.24. The molecule has 0 unspecified atom stereocenters. The van der Waals surface area contributed by atoms with Gasteiger partial charge < -0.3 is 4.57 Å². The van der Waals surface area contributed by atoms with Crippen molar-refractivity contribution in [2.24, 2.45) is 0 Å². The van der Waals surface area contributed by atoms with Crippen LogP contribution in [0.5, 0.6) is 0 Å². The molecule has 4 nitrogen and oxygen atoms in total. The number of likely N-dealkylation sites (N-methyl/N-ethyl adjacent to an activating group) is 1. The van der Waals surface area contributed by atoms with Crippen molar-refractivity contribution in [3.05, 3.63) is 94.8 Å². The van der Waals surface area contributed by atoms with Crippen LogP contribution in [0.1, 0.15) is 45.3 Å². The van der Waals surface area contributed by atoms with Crippen molar-refractivity contribution in [3.63, 3.8) is 0 Å². The summed E-state index contributed by atoms with van der Waals surface area (Å²) in [5, 5.41) is 8.76. The van der Waals surface area contributed by atoms with Crippen molar-refractivity contribution in [1.29, 1.82) is 5.26 Å². The zero-order valence-electron chi connectivity index (χ0n) is 17.3. The molecule has 0 saturated carbocycles. The summed E-state index contributed by atoms with van der Waals surface area (Å²) in [7, 11) is 1.88. The van der Waals surface area contributed by atoms with Crippen molar-refractivity contribution >= 4 is 5.78 Å². The Balaban J connectivity index is 2.00. The number of nitrogens with zero attached hydrogens (tertiary/aromatic N) is 3. The van der Waals surface area contributed by atoms with E-state index in [0.29, 0.717) is 19.5 Å². The first-order valence-corrected chi connectivity index (χ1v) is 9.90. The number of hydrogen-bond acceptors (Lipinski definition) is 3. The van der Waals surface area contributed by atoms with Crippen LogP contribution in [0.3, 0.4) is 0 Å². The van der Waals surface area contributed by atoms with Gasteiger partial charge in [-0.05, 0) is 38.1 Å². The van der Waals surface area contributed by atoms with E-state index in [-0.39, 0.29) is 11.8 Å². The molecule has 4 heteroatoms. The summed E-state index contributed by atoms with van der Waals surface area (Å²) in [5.74, 6) is 0.0877. The van der Waals surface area contributed by atoms with E-state index in [0.717, 1.165) is 17.0 Å². The molecule has 0 fully saturated rings. The summed E-state index contributed by atoms with van der Waals surface area (Å²) in [4.78, 5) is 14.9. The maximum atomic E-state index is 13.0. The van der Waals surface area contributed by atoms with Crippen LogP contribution >= 0.6 is 0 Å². The molecule has 0 bridgehead atoms. The monoisotopic (exact) mass is 385 g/mol. The highest BCUT2D eigenvalue weighted by molar-refractivity contribution is 5.99. The third kappa shape index (κ3) is 4.64. The fourth-order valence-electron chi connectivity index (χ4n) is 3.87. The second-order valence-electron chi connectivity index (χ2n) is 7.45. The van der Waals surface area contributed by atoms with Gasteiger partial charge in [0, 0.05) is 29.9 Å². The zero-order valence-corrected chi connectivity index (χ0v) is 17.3. The summed E-state index contributed by atoms with van der Waals surface area (Å²) < 4.78 is 2.26. The maximum absolute atomic E-state index is 13.0. The van der Waals surface area contributed by atoms with E-state index >= 15 is 0 Å². The third-order valence-corrected chi connectivity index (χ3v) is 5.29. The Morgan fingerprint density at radius 2 is 1.59 bits per heavy atom. The Kier molecular flexibility index (Phi) is 6.64. The molecule has 148 valence electrons. The molecule has 0 aliphatic heterocycles. The van der Waals surface area contributed by atoms with E-state index in [2.05, 4.69) is 66.1 Å². The van der Waals surface area contributed by atoms with Gasteiger partial charge in [-0.25, -0.2) is 0 Å². The van der Waals surface area contributed by atoms with Crippen molar-refractivity contribution in [2.75, 3.05) is 20.1 Å². The van der Waals surface area contributed by atoms with Crippen molar-refractivity contribution < 1.29 is 4.79 Å². The number of rotatable bonds is 8. The first-order valence-electron chi connectivity index (χ1n) is 9.90. The number of carbonyl (C=O) groups excluding carboxylic acids is 1. The molecule has 0 aliphatic carbocycles. The van der Waals surface area contributed by atoms with Gasteiger partial charge in [0.15, 0.2) is 5.78 Å². The minimum absolute atomic E-state index is 0.00951. The molecule has 1 heterocycles. The lowest BCUT2D eigenvalue weighted by molar-refractivity contribution is 0.0946. The van der Waals surface area contributed by atoms with E-state index in [1.807, 2.05) is 37.1 Å². The fraction of sp³-hybridized carbons (Fsp3) is 0.280. The summed E-state index contributed by atoms with van der Waals surface area (Å²) >= 11 is 0. The molecule has 0 N–H and O–H groups in total. The highest BCUT2D eigenvalue weighted by Gasteiger charge is 2.24. The standard InChI is InChI=1S/C25H27N3O/c1-19-17-23(24(29)18-27(3)16-10-15-26)20(2)28(19)25(21-11-6-4-7-12-21)22-13-8-5-9-14-22/h4-9,11-14,17,25H,10,16,18H2,1-3H3. The Labute approximate surface area is 173 Å². The van der Waals surface area contributed by atoms with E-state index < -0.39 is 0 Å². The van der Waals surface area contributed by atoms with Crippen LogP contribution in [-0.4, -0.2) is 35.4 Å². The fourth-order valence-corrected chi connectivity index (χ4v) is 3.87. The van der Waals surface area contributed by atoms with Gasteiger partial charge in [0.1, 0.15) is 0 Å². The van der Waals surface area contributed by atoms with Gasteiger partial charge in [-0.1, -0.05) is 60.7 Å². The van der Waals surface area contributed by atoms with Crippen LogP contribution in [-0.2, 0) is 0 Å². The Morgan fingerprint density at radius 3 is 2.10 bits per heavy atom. The molecule has 0 atom stereocenters. The highest BCUT2D eigenvalue weighted by atomic mass is 16.1. The quantitative estimate of drug-likeness (QED) is 0.525. The molecule has 0 aliphatic rings. The van der Waals surface area contributed by atoms with Crippen LogP contribution in [0.2, 0.25) is 0 Å². The molecule has 0 radical (unpaired) electrons. The normalized spacial score (nSPS) is 11.0. The number of benzene rings is 2. The van der Waals surface area contributed by atoms with Crippen LogP contribution in [0.4, 0.5) is 0 Å². The van der Waals surface area contributed by atoms with Gasteiger partial charge in [0.05, 0.1) is 18.7 Å². The molecular formula is C25H27N3O. The van der Waals surface area contributed by atoms with Gasteiger partial charge >= 0.3 is 0 Å². The van der Waals surface area contributed by atoms with Gasteiger partial charge in [-0.15, -0.1) is 0 Å². The Morgan fingerprint density at radius 1 is 1.03 bits per heavy atom. The molecule has 3 aromatic rings. The van der Waals surface area contributed by atoms with Crippen LogP contribution in [0.15, 0.2) is 66.7 Å². The number of Topliss-reactive ketones (excluding diaryl/α,β-unsaturated/α-hetero) is 1. The molecular weight excluding hydrogens is 358 g/mol. The average molecular weight is 386 g/mol. The zero-order chi connectivity index (χ0) is 20.8. The van der Waals surface area contributed by atoms with Gasteiger partial charge in [-0.3, -0.25) is 9.69 Å². The first-order chi connectivity index (χ1) is 14.0. The summed E-state index contributed by atoms with van der Waals surface area (Å²) in [6.45, 7) is 4.99. The molecule has 1 aromatic heterocycles. The number of ketones is 1. The van der Waals surface area contributed by atoms with Gasteiger partial charge in [0.25, 0.3) is 0 Å². The molecule has 3 rings (SSSR count). The second-order valence-corrected chi connectivity index (χ2v) is 7.45. The molecule has 0 spiro atoms. The second kappa shape index (κ2) is 9.36. The highest BCUT2D eigenvalue weighted by Crippen LogP contribution is 2.31. The number of nitriles is 1. The minimum Gasteiger partial charge on any atom is -0.337 e. The van der Waals surface area contributed by atoms with E-state index in [9.17, 15) is 4.79 Å². The maximum Gasteiger partial charge on any atom is 0.178 e. The summed E-state index contributed by atoms with van der Waals surface area (Å²) in [6.07, 6.45) is 0.424. The van der Waals surface area contributed by atoms with Crippen molar-refractivity contribution in [2.45, 2.75) is 26.3 Å².